The van der Waals surface area contributed by atoms with Crippen LogP contribution in [-0.4, -0.2) is 0 Å². The highest BCUT2D eigenvalue weighted by molar-refractivity contribution is 5.08. The molecule has 0 nitrogen and oxygen atoms in total. The van der Waals surface area contributed by atoms with Crippen molar-refractivity contribution in [2.24, 2.45) is 23.7 Å². The van der Waals surface area contributed by atoms with E-state index in [4.69, 9.17) is 0 Å². The van der Waals surface area contributed by atoms with E-state index in [1.54, 1.807) is 5.57 Å². The Bertz CT molecular complexity index is 212. The van der Waals surface area contributed by atoms with E-state index in [1.807, 2.05) is 0 Å². The van der Waals surface area contributed by atoms with Crippen molar-refractivity contribution in [1.82, 2.24) is 0 Å². The van der Waals surface area contributed by atoms with Gasteiger partial charge in [0.1, 0.15) is 0 Å². The maximum absolute atomic E-state index is 2.57. The molecule has 0 radical (unpaired) electrons. The molecule has 0 rings (SSSR count). The lowest BCUT2D eigenvalue weighted by Crippen LogP contribution is -2.10. The normalized spacial score (nSPS) is 18.2. The van der Waals surface area contributed by atoms with Crippen molar-refractivity contribution in [2.75, 3.05) is 0 Å². The van der Waals surface area contributed by atoms with E-state index in [1.165, 1.54) is 25.7 Å². The molecule has 0 aliphatic carbocycles. The minimum Gasteiger partial charge on any atom is -0.0822 e. The molecular formula is C17H34. The Morgan fingerprint density at radius 1 is 1.00 bits per heavy atom. The van der Waals surface area contributed by atoms with Crippen LogP contribution in [0.15, 0.2) is 11.6 Å². The van der Waals surface area contributed by atoms with Crippen molar-refractivity contribution in [3.63, 3.8) is 0 Å². The molecule has 0 heteroatoms. The van der Waals surface area contributed by atoms with Crippen LogP contribution < -0.4 is 0 Å². The van der Waals surface area contributed by atoms with E-state index in [-0.39, 0.29) is 0 Å². The van der Waals surface area contributed by atoms with Crippen LogP contribution in [0.4, 0.5) is 0 Å². The Morgan fingerprint density at radius 2 is 1.59 bits per heavy atom. The first-order valence-corrected chi connectivity index (χ1v) is 7.62. The third-order valence-corrected chi connectivity index (χ3v) is 4.18. The maximum Gasteiger partial charge on any atom is -0.0234 e. The minimum absolute atomic E-state index is 0.753. The van der Waals surface area contributed by atoms with Gasteiger partial charge >= 0.3 is 0 Å². The highest BCUT2D eigenvalue weighted by Gasteiger charge is 2.14. The molecule has 102 valence electrons. The first kappa shape index (κ1) is 16.7. The predicted molar refractivity (Wildman–Crippen MR) is 80.2 cm³/mol. The van der Waals surface area contributed by atoms with Gasteiger partial charge in [-0.05, 0) is 42.9 Å². The van der Waals surface area contributed by atoms with Crippen LogP contribution in [0.5, 0.6) is 0 Å². The first-order valence-electron chi connectivity index (χ1n) is 7.62. The van der Waals surface area contributed by atoms with Gasteiger partial charge in [0.15, 0.2) is 0 Å². The molecule has 0 spiro atoms. The van der Waals surface area contributed by atoms with Crippen LogP contribution in [0, 0.1) is 23.7 Å². The number of hydrogen-bond acceptors (Lipinski definition) is 0. The fourth-order valence-corrected chi connectivity index (χ4v) is 2.21. The zero-order valence-electron chi connectivity index (χ0n) is 13.2. The Labute approximate surface area is 110 Å². The standard InChI is InChI=1S/C17H34/c1-8-10-14(5)11-17(15(6)9-2)12-16(7)13(3)4/h11,13-16H,8-10,12H2,1-7H3. The van der Waals surface area contributed by atoms with Crippen LogP contribution in [0.25, 0.3) is 0 Å². The summed E-state index contributed by atoms with van der Waals surface area (Å²) in [4.78, 5) is 0. The van der Waals surface area contributed by atoms with E-state index in [0.29, 0.717) is 0 Å². The third-order valence-electron chi connectivity index (χ3n) is 4.18. The van der Waals surface area contributed by atoms with Crippen LogP contribution >= 0.6 is 0 Å². The molecule has 0 saturated carbocycles. The summed E-state index contributed by atoms with van der Waals surface area (Å²) >= 11 is 0. The van der Waals surface area contributed by atoms with Gasteiger partial charge in [0.05, 0.1) is 0 Å². The van der Waals surface area contributed by atoms with Gasteiger partial charge in [-0.2, -0.15) is 0 Å². The summed E-state index contributed by atoms with van der Waals surface area (Å²) in [5.74, 6) is 3.12. The monoisotopic (exact) mass is 238 g/mol. The molecule has 0 bridgehead atoms. The number of hydrogen-bond donors (Lipinski definition) is 0. The van der Waals surface area contributed by atoms with Crippen LogP contribution in [0.1, 0.15) is 74.1 Å². The van der Waals surface area contributed by atoms with Crippen molar-refractivity contribution < 1.29 is 0 Å². The maximum atomic E-state index is 2.57. The molecule has 0 N–H and O–H groups in total. The molecule has 0 heterocycles. The summed E-state index contributed by atoms with van der Waals surface area (Å²) in [6.45, 7) is 16.4. The highest BCUT2D eigenvalue weighted by Crippen LogP contribution is 2.28. The Balaban J connectivity index is 4.63. The van der Waals surface area contributed by atoms with Crippen molar-refractivity contribution >= 4 is 0 Å². The third kappa shape index (κ3) is 6.91. The largest absolute Gasteiger partial charge is 0.0822 e. The van der Waals surface area contributed by atoms with Crippen molar-refractivity contribution in [2.45, 2.75) is 74.1 Å². The molecule has 0 amide bonds. The lowest BCUT2D eigenvalue weighted by molar-refractivity contribution is 0.397. The molecule has 0 fully saturated rings. The molecule has 0 aliphatic heterocycles. The lowest BCUT2D eigenvalue weighted by atomic mass is 9.83. The summed E-state index contributed by atoms with van der Waals surface area (Å²) in [5.41, 5.74) is 1.70. The van der Waals surface area contributed by atoms with Gasteiger partial charge in [-0.3, -0.25) is 0 Å². The zero-order chi connectivity index (χ0) is 13.4. The number of rotatable bonds is 8. The second-order valence-corrected chi connectivity index (χ2v) is 6.24. The van der Waals surface area contributed by atoms with E-state index < -0.39 is 0 Å². The summed E-state index contributed by atoms with van der Waals surface area (Å²) in [6.07, 6.45) is 7.76. The molecule has 3 unspecified atom stereocenters. The molecule has 0 saturated heterocycles. The van der Waals surface area contributed by atoms with Crippen molar-refractivity contribution in [3.8, 4) is 0 Å². The molecule has 0 aromatic carbocycles. The second-order valence-electron chi connectivity index (χ2n) is 6.24. The van der Waals surface area contributed by atoms with Crippen LogP contribution in [0.3, 0.4) is 0 Å². The lowest BCUT2D eigenvalue weighted by Gasteiger charge is -2.23. The van der Waals surface area contributed by atoms with E-state index in [0.717, 1.165) is 23.7 Å². The SMILES string of the molecule is CCCC(C)C=C(CC(C)C(C)C)C(C)CC. The minimum atomic E-state index is 0.753. The average Bonchev–Trinajstić information content (AvgIpc) is 2.27. The van der Waals surface area contributed by atoms with Gasteiger partial charge in [-0.15, -0.1) is 0 Å². The molecule has 0 aromatic rings. The molecule has 0 aliphatic rings. The highest BCUT2D eigenvalue weighted by atomic mass is 14.2. The Kier molecular flexibility index (Phi) is 8.64. The second kappa shape index (κ2) is 8.78. The van der Waals surface area contributed by atoms with E-state index >= 15 is 0 Å². The van der Waals surface area contributed by atoms with Crippen LogP contribution in [-0.2, 0) is 0 Å². The van der Waals surface area contributed by atoms with Gasteiger partial charge in [0, 0.05) is 0 Å². The van der Waals surface area contributed by atoms with Crippen molar-refractivity contribution in [1.29, 1.82) is 0 Å². The zero-order valence-corrected chi connectivity index (χ0v) is 13.2. The van der Waals surface area contributed by atoms with E-state index in [2.05, 4.69) is 54.5 Å². The predicted octanol–water partition coefficient (Wildman–Crippen LogP) is 6.08. The van der Waals surface area contributed by atoms with E-state index in [9.17, 15) is 0 Å². The Hall–Kier alpha value is -0.260. The van der Waals surface area contributed by atoms with Gasteiger partial charge in [-0.1, -0.05) is 66.5 Å². The van der Waals surface area contributed by atoms with Crippen LogP contribution in [0.2, 0.25) is 0 Å². The Morgan fingerprint density at radius 3 is 2.00 bits per heavy atom. The molecule has 17 heavy (non-hydrogen) atoms. The summed E-state index contributed by atoms with van der Waals surface area (Å²) < 4.78 is 0. The van der Waals surface area contributed by atoms with Gasteiger partial charge in [0.25, 0.3) is 0 Å². The fourth-order valence-electron chi connectivity index (χ4n) is 2.21. The smallest absolute Gasteiger partial charge is 0.0234 e. The summed E-state index contributed by atoms with van der Waals surface area (Å²) in [7, 11) is 0. The van der Waals surface area contributed by atoms with Gasteiger partial charge in [-0.25, -0.2) is 0 Å². The summed E-state index contributed by atoms with van der Waals surface area (Å²) in [6, 6.07) is 0. The average molecular weight is 238 g/mol. The van der Waals surface area contributed by atoms with Crippen molar-refractivity contribution in [3.05, 3.63) is 11.6 Å². The first-order chi connectivity index (χ1) is 7.92. The quantitative estimate of drug-likeness (QED) is 0.450. The van der Waals surface area contributed by atoms with Gasteiger partial charge < -0.3 is 0 Å². The fraction of sp³-hybridized carbons (Fsp3) is 0.882. The summed E-state index contributed by atoms with van der Waals surface area (Å²) in [5, 5.41) is 0. The number of allylic oxidation sites excluding steroid dienone is 2. The molecular weight excluding hydrogens is 204 g/mol. The molecule has 3 atom stereocenters. The molecule has 0 aromatic heterocycles. The topological polar surface area (TPSA) is 0 Å². The van der Waals surface area contributed by atoms with Gasteiger partial charge in [0.2, 0.25) is 0 Å².